The molecule has 0 spiro atoms. The fourth-order valence-electron chi connectivity index (χ4n) is 3.38. The van der Waals surface area contributed by atoms with Gasteiger partial charge in [0.1, 0.15) is 5.75 Å². The number of benzene rings is 2. The lowest BCUT2D eigenvalue weighted by molar-refractivity contribution is -0.122. The smallest absolute Gasteiger partial charge is 0.265 e. The van der Waals surface area contributed by atoms with Gasteiger partial charge < -0.3 is 15.4 Å². The van der Waals surface area contributed by atoms with Crippen molar-refractivity contribution in [1.82, 2.24) is 5.32 Å². The minimum atomic E-state index is -0.429. The fraction of sp³-hybridized carbons (Fsp3) is 0.316. The summed E-state index contributed by atoms with van der Waals surface area (Å²) in [6, 6.07) is 15.0. The van der Waals surface area contributed by atoms with E-state index in [-0.39, 0.29) is 5.91 Å². The van der Waals surface area contributed by atoms with Crippen LogP contribution in [0.15, 0.2) is 42.5 Å². The van der Waals surface area contributed by atoms with Crippen molar-refractivity contribution in [2.45, 2.75) is 38.5 Å². The zero-order chi connectivity index (χ0) is 15.8. The molecule has 1 aliphatic carbocycles. The van der Waals surface area contributed by atoms with Crippen molar-refractivity contribution < 1.29 is 9.53 Å². The average molecular weight is 308 g/mol. The lowest BCUT2D eigenvalue weighted by atomic mass is 10.1. The standard InChI is InChI=1S/C19H20N2O2/c1-12-19(22)21-17-10-13(6-9-18(17)23-12)11-20-16-8-7-14-4-2-3-5-15(14)16/h2-6,9-10,12,16,20H,7-8,11H2,1H3,(H,21,22). The van der Waals surface area contributed by atoms with Crippen LogP contribution in [0, 0.1) is 0 Å². The predicted molar refractivity (Wildman–Crippen MR) is 89.5 cm³/mol. The maximum atomic E-state index is 11.7. The zero-order valence-electron chi connectivity index (χ0n) is 13.1. The molecule has 1 amide bonds. The average Bonchev–Trinajstić information content (AvgIpc) is 2.97. The number of hydrogen-bond acceptors (Lipinski definition) is 3. The van der Waals surface area contributed by atoms with Gasteiger partial charge in [0.25, 0.3) is 5.91 Å². The van der Waals surface area contributed by atoms with Gasteiger partial charge in [0.2, 0.25) is 0 Å². The Bertz CT molecular complexity index is 757. The molecule has 2 atom stereocenters. The highest BCUT2D eigenvalue weighted by Gasteiger charge is 2.24. The minimum Gasteiger partial charge on any atom is -0.479 e. The van der Waals surface area contributed by atoms with Crippen LogP contribution in [0.2, 0.25) is 0 Å². The van der Waals surface area contributed by atoms with E-state index >= 15 is 0 Å². The van der Waals surface area contributed by atoms with Crippen molar-refractivity contribution in [1.29, 1.82) is 0 Å². The Morgan fingerprint density at radius 2 is 2.13 bits per heavy atom. The van der Waals surface area contributed by atoms with E-state index in [4.69, 9.17) is 4.74 Å². The van der Waals surface area contributed by atoms with Crippen LogP contribution in [0.3, 0.4) is 0 Å². The third kappa shape index (κ3) is 2.70. The summed E-state index contributed by atoms with van der Waals surface area (Å²) in [5, 5.41) is 6.53. The van der Waals surface area contributed by atoms with Crippen LogP contribution < -0.4 is 15.4 Å². The summed E-state index contributed by atoms with van der Waals surface area (Å²) in [6.07, 6.45) is 1.85. The molecular formula is C19H20N2O2. The maximum absolute atomic E-state index is 11.7. The summed E-state index contributed by atoms with van der Waals surface area (Å²) in [5.41, 5.74) is 4.77. The normalized spacial score (nSPS) is 22.0. The van der Waals surface area contributed by atoms with E-state index < -0.39 is 6.10 Å². The second kappa shape index (κ2) is 5.70. The van der Waals surface area contributed by atoms with Gasteiger partial charge in [0, 0.05) is 12.6 Å². The van der Waals surface area contributed by atoms with Crippen molar-refractivity contribution >= 4 is 11.6 Å². The summed E-state index contributed by atoms with van der Waals surface area (Å²) >= 11 is 0. The maximum Gasteiger partial charge on any atom is 0.265 e. The van der Waals surface area contributed by atoms with Crippen LogP contribution in [0.4, 0.5) is 5.69 Å². The van der Waals surface area contributed by atoms with Crippen LogP contribution in [-0.4, -0.2) is 12.0 Å². The van der Waals surface area contributed by atoms with Crippen LogP contribution in [0.25, 0.3) is 0 Å². The number of hydrogen-bond donors (Lipinski definition) is 2. The second-order valence-corrected chi connectivity index (χ2v) is 6.25. The van der Waals surface area contributed by atoms with Crippen LogP contribution in [0.5, 0.6) is 5.75 Å². The van der Waals surface area contributed by atoms with Gasteiger partial charge in [-0.25, -0.2) is 0 Å². The number of carbonyl (C=O) groups excluding carboxylic acids is 1. The van der Waals surface area contributed by atoms with Crippen LogP contribution >= 0.6 is 0 Å². The van der Waals surface area contributed by atoms with E-state index in [1.54, 1.807) is 6.92 Å². The lowest BCUT2D eigenvalue weighted by Crippen LogP contribution is -2.34. The van der Waals surface area contributed by atoms with E-state index in [0.717, 1.165) is 36.4 Å². The summed E-state index contributed by atoms with van der Waals surface area (Å²) in [5.74, 6) is 0.652. The Balaban J connectivity index is 1.47. The van der Waals surface area contributed by atoms with Gasteiger partial charge in [-0.05, 0) is 48.6 Å². The summed E-state index contributed by atoms with van der Waals surface area (Å²) in [6.45, 7) is 2.53. The lowest BCUT2D eigenvalue weighted by Gasteiger charge is -2.24. The van der Waals surface area contributed by atoms with Crippen LogP contribution in [0.1, 0.15) is 36.1 Å². The highest BCUT2D eigenvalue weighted by Crippen LogP contribution is 2.32. The van der Waals surface area contributed by atoms with Gasteiger partial charge in [0.15, 0.2) is 6.10 Å². The third-order valence-corrected chi connectivity index (χ3v) is 4.66. The fourth-order valence-corrected chi connectivity index (χ4v) is 3.38. The first-order chi connectivity index (χ1) is 11.2. The van der Waals surface area contributed by atoms with Crippen molar-refractivity contribution in [3.63, 3.8) is 0 Å². The molecule has 2 aromatic rings. The van der Waals surface area contributed by atoms with E-state index in [2.05, 4.69) is 41.0 Å². The van der Waals surface area contributed by atoms with Gasteiger partial charge >= 0.3 is 0 Å². The van der Waals surface area contributed by atoms with Crippen molar-refractivity contribution in [3.8, 4) is 5.75 Å². The number of fused-ring (bicyclic) bond motifs is 2. The molecule has 0 radical (unpaired) electrons. The van der Waals surface area contributed by atoms with Gasteiger partial charge in [-0.2, -0.15) is 0 Å². The molecule has 4 heteroatoms. The van der Waals surface area contributed by atoms with Crippen molar-refractivity contribution in [2.75, 3.05) is 5.32 Å². The van der Waals surface area contributed by atoms with Crippen LogP contribution in [-0.2, 0) is 17.8 Å². The molecule has 1 heterocycles. The first-order valence-corrected chi connectivity index (χ1v) is 8.12. The number of ether oxygens (including phenoxy) is 1. The summed E-state index contributed by atoms with van der Waals surface area (Å²) in [7, 11) is 0. The quantitative estimate of drug-likeness (QED) is 0.915. The molecule has 2 aliphatic rings. The Morgan fingerprint density at radius 1 is 1.26 bits per heavy atom. The van der Waals surface area contributed by atoms with E-state index in [0.29, 0.717) is 6.04 Å². The summed E-state index contributed by atoms with van der Waals surface area (Å²) in [4.78, 5) is 11.7. The molecule has 0 saturated heterocycles. The number of rotatable bonds is 3. The Morgan fingerprint density at radius 3 is 3.04 bits per heavy atom. The van der Waals surface area contributed by atoms with E-state index in [9.17, 15) is 4.79 Å². The number of carbonyl (C=O) groups is 1. The first-order valence-electron chi connectivity index (χ1n) is 8.12. The minimum absolute atomic E-state index is 0.0904. The number of nitrogens with one attached hydrogen (secondary N) is 2. The number of anilines is 1. The Labute approximate surface area is 135 Å². The third-order valence-electron chi connectivity index (χ3n) is 4.66. The van der Waals surface area contributed by atoms with E-state index in [1.165, 1.54) is 11.1 Å². The SMILES string of the molecule is CC1Oc2ccc(CNC3CCc4ccccc43)cc2NC1=O. The highest BCUT2D eigenvalue weighted by molar-refractivity contribution is 5.97. The molecule has 2 N–H and O–H groups in total. The molecule has 4 rings (SSSR count). The molecule has 2 aromatic carbocycles. The van der Waals surface area contributed by atoms with Gasteiger partial charge in [0.05, 0.1) is 5.69 Å². The molecule has 0 bridgehead atoms. The molecule has 118 valence electrons. The van der Waals surface area contributed by atoms with Gasteiger partial charge in [-0.1, -0.05) is 30.3 Å². The van der Waals surface area contributed by atoms with Crippen molar-refractivity contribution in [2.24, 2.45) is 0 Å². The highest BCUT2D eigenvalue weighted by atomic mass is 16.5. The molecule has 2 unspecified atom stereocenters. The summed E-state index contributed by atoms with van der Waals surface area (Å²) < 4.78 is 5.59. The van der Waals surface area contributed by atoms with Gasteiger partial charge in [-0.3, -0.25) is 4.79 Å². The predicted octanol–water partition coefficient (Wildman–Crippen LogP) is 3.18. The van der Waals surface area contributed by atoms with Gasteiger partial charge in [-0.15, -0.1) is 0 Å². The molecule has 23 heavy (non-hydrogen) atoms. The number of aryl methyl sites for hydroxylation is 1. The van der Waals surface area contributed by atoms with E-state index in [1.807, 2.05) is 12.1 Å². The largest absolute Gasteiger partial charge is 0.479 e. The molecule has 4 nitrogen and oxygen atoms in total. The monoisotopic (exact) mass is 308 g/mol. The molecule has 0 saturated carbocycles. The molecule has 1 aliphatic heterocycles. The molecule has 0 aromatic heterocycles. The first kappa shape index (κ1) is 14.3. The second-order valence-electron chi connectivity index (χ2n) is 6.25. The molecule has 0 fully saturated rings. The topological polar surface area (TPSA) is 50.4 Å². The Hall–Kier alpha value is -2.33. The Kier molecular flexibility index (Phi) is 3.54. The van der Waals surface area contributed by atoms with Crippen molar-refractivity contribution in [3.05, 3.63) is 59.2 Å². The number of amides is 1. The molecular weight excluding hydrogens is 288 g/mol. The zero-order valence-corrected chi connectivity index (χ0v) is 13.1.